The van der Waals surface area contributed by atoms with E-state index in [9.17, 15) is 14.7 Å². The number of carbonyl (C=O) groups excluding carboxylic acids is 2. The Bertz CT molecular complexity index is 1650. The summed E-state index contributed by atoms with van der Waals surface area (Å²) in [6.45, 7) is 5.82. The predicted molar refractivity (Wildman–Crippen MR) is 187 cm³/mol. The van der Waals surface area contributed by atoms with Crippen molar-refractivity contribution in [2.45, 2.75) is 51.9 Å². The van der Waals surface area contributed by atoms with Crippen LogP contribution in [0.4, 0.5) is 4.79 Å². The molecule has 5 rings (SSSR count). The number of pyridine rings is 1. The van der Waals surface area contributed by atoms with Crippen molar-refractivity contribution in [3.63, 3.8) is 0 Å². The van der Waals surface area contributed by atoms with E-state index in [4.69, 9.17) is 14.2 Å². The molecule has 49 heavy (non-hydrogen) atoms. The molecule has 258 valence electrons. The number of aromatic nitrogens is 1. The number of rotatable bonds is 14. The third-order valence-electron chi connectivity index (χ3n) is 8.66. The highest BCUT2D eigenvalue weighted by Crippen LogP contribution is 2.42. The van der Waals surface area contributed by atoms with Gasteiger partial charge in [-0.3, -0.25) is 9.78 Å². The molecule has 4 aromatic rings. The summed E-state index contributed by atoms with van der Waals surface area (Å²) in [5.74, 6) is -0.417. The third kappa shape index (κ3) is 10.2. The molecular weight excluding hydrogens is 620 g/mol. The number of likely N-dealkylation sites (N-methyl/N-ethyl adjacent to an activating group) is 1. The molecule has 0 spiro atoms. The molecular formula is C39H46N4O6. The molecule has 2 amide bonds. The normalized spacial score (nSPS) is 19.0. The van der Waals surface area contributed by atoms with Gasteiger partial charge in [0.25, 0.3) is 0 Å². The summed E-state index contributed by atoms with van der Waals surface area (Å²) in [6, 6.07) is 29.6. The van der Waals surface area contributed by atoms with Crippen molar-refractivity contribution in [1.82, 2.24) is 20.5 Å². The molecule has 10 heteroatoms. The minimum absolute atomic E-state index is 0.0104. The summed E-state index contributed by atoms with van der Waals surface area (Å²) < 4.78 is 18.3. The maximum atomic E-state index is 12.2. The monoisotopic (exact) mass is 666 g/mol. The summed E-state index contributed by atoms with van der Waals surface area (Å²) in [5.41, 5.74) is 6.75. The molecule has 3 aromatic carbocycles. The van der Waals surface area contributed by atoms with Gasteiger partial charge < -0.3 is 34.9 Å². The van der Waals surface area contributed by atoms with Crippen molar-refractivity contribution >= 4 is 12.0 Å². The fourth-order valence-electron chi connectivity index (χ4n) is 5.91. The van der Waals surface area contributed by atoms with Gasteiger partial charge in [0, 0.05) is 49.4 Å². The Hall–Kier alpha value is -4.61. The maximum absolute atomic E-state index is 12.2. The summed E-state index contributed by atoms with van der Waals surface area (Å²) in [6.07, 6.45) is 1.75. The molecule has 0 saturated carbocycles. The highest BCUT2D eigenvalue weighted by molar-refractivity contribution is 5.80. The number of nitrogens with zero attached hydrogens (tertiary/aromatic N) is 2. The standard InChI is InChI=1S/C39H46N4O6/c1-4-47-36(45)24-42-39(46)41-23-29-9-7-10-31(21-29)32-11-8-12-33(22-32)38-48-35(25-43(3)20-18-34-13-5-6-19-40-34)27(2)37(49-38)30-16-14-28(26-44)15-17-30/h5-17,19,21-22,27,35,37-38,44H,4,18,20,23-26H2,1-3H3,(H2,41,42,46)/t27-,35+,37+,38+/m1/s1. The Kier molecular flexibility index (Phi) is 12.9. The molecule has 1 aromatic heterocycles. The van der Waals surface area contributed by atoms with Crippen LogP contribution in [0.3, 0.4) is 0 Å². The second-order valence-electron chi connectivity index (χ2n) is 12.3. The van der Waals surface area contributed by atoms with Crippen LogP contribution in [0.2, 0.25) is 0 Å². The Balaban J connectivity index is 1.31. The number of aliphatic hydroxyl groups is 1. The number of benzene rings is 3. The maximum Gasteiger partial charge on any atom is 0.325 e. The number of hydrogen-bond acceptors (Lipinski definition) is 8. The molecule has 1 aliphatic heterocycles. The van der Waals surface area contributed by atoms with Gasteiger partial charge in [-0.1, -0.05) is 73.7 Å². The van der Waals surface area contributed by atoms with Crippen LogP contribution in [0.1, 0.15) is 54.2 Å². The lowest BCUT2D eigenvalue weighted by atomic mass is 9.90. The van der Waals surface area contributed by atoms with Crippen LogP contribution >= 0.6 is 0 Å². The molecule has 4 atom stereocenters. The highest BCUT2D eigenvalue weighted by Gasteiger charge is 2.38. The zero-order valence-electron chi connectivity index (χ0n) is 28.4. The Labute approximate surface area is 288 Å². The first kappa shape index (κ1) is 35.7. The van der Waals surface area contributed by atoms with Crippen LogP contribution in [0.15, 0.2) is 97.2 Å². The van der Waals surface area contributed by atoms with Gasteiger partial charge in [0.15, 0.2) is 6.29 Å². The van der Waals surface area contributed by atoms with Crippen LogP contribution in [0.25, 0.3) is 11.1 Å². The summed E-state index contributed by atoms with van der Waals surface area (Å²) in [4.78, 5) is 30.5. The van der Waals surface area contributed by atoms with Crippen molar-refractivity contribution < 1.29 is 28.9 Å². The number of ether oxygens (including phenoxy) is 3. The van der Waals surface area contributed by atoms with E-state index in [1.807, 2.05) is 91.1 Å². The van der Waals surface area contributed by atoms with E-state index in [1.165, 1.54) is 0 Å². The van der Waals surface area contributed by atoms with E-state index >= 15 is 0 Å². The highest BCUT2D eigenvalue weighted by atomic mass is 16.7. The molecule has 0 unspecified atom stereocenters. The second-order valence-corrected chi connectivity index (χ2v) is 12.3. The van der Waals surface area contributed by atoms with Crippen LogP contribution < -0.4 is 10.6 Å². The Morgan fingerprint density at radius 1 is 0.898 bits per heavy atom. The minimum Gasteiger partial charge on any atom is -0.465 e. The van der Waals surface area contributed by atoms with Gasteiger partial charge in [-0.15, -0.1) is 0 Å². The van der Waals surface area contributed by atoms with Gasteiger partial charge in [0.2, 0.25) is 0 Å². The lowest BCUT2D eigenvalue weighted by Gasteiger charge is -2.42. The van der Waals surface area contributed by atoms with Gasteiger partial charge >= 0.3 is 12.0 Å². The zero-order valence-corrected chi connectivity index (χ0v) is 28.4. The largest absolute Gasteiger partial charge is 0.465 e. The number of esters is 1. The van der Waals surface area contributed by atoms with E-state index in [2.05, 4.69) is 40.6 Å². The van der Waals surface area contributed by atoms with Gasteiger partial charge in [-0.25, -0.2) is 4.79 Å². The zero-order chi connectivity index (χ0) is 34.6. The van der Waals surface area contributed by atoms with Crippen LogP contribution in [0.5, 0.6) is 0 Å². The first-order valence-corrected chi connectivity index (χ1v) is 16.8. The minimum atomic E-state index is -0.596. The number of nitrogens with one attached hydrogen (secondary N) is 2. The number of amides is 2. The average Bonchev–Trinajstić information content (AvgIpc) is 3.14. The summed E-state index contributed by atoms with van der Waals surface area (Å²) >= 11 is 0. The first-order chi connectivity index (χ1) is 23.8. The topological polar surface area (TPSA) is 122 Å². The van der Waals surface area contributed by atoms with E-state index in [1.54, 1.807) is 6.92 Å². The smallest absolute Gasteiger partial charge is 0.325 e. The van der Waals surface area contributed by atoms with Gasteiger partial charge in [-0.2, -0.15) is 0 Å². The predicted octanol–water partition coefficient (Wildman–Crippen LogP) is 5.57. The van der Waals surface area contributed by atoms with E-state index in [0.29, 0.717) is 6.54 Å². The van der Waals surface area contributed by atoms with Gasteiger partial charge in [-0.05, 0) is 66.1 Å². The van der Waals surface area contributed by atoms with Crippen LogP contribution in [-0.4, -0.2) is 66.4 Å². The number of aliphatic hydroxyl groups excluding tert-OH is 1. The number of hydrogen-bond donors (Lipinski definition) is 3. The van der Waals surface area contributed by atoms with Crippen molar-refractivity contribution in [2.24, 2.45) is 5.92 Å². The molecule has 0 bridgehead atoms. The van der Waals surface area contributed by atoms with Crippen molar-refractivity contribution in [1.29, 1.82) is 0 Å². The Morgan fingerprint density at radius 2 is 1.67 bits per heavy atom. The first-order valence-electron chi connectivity index (χ1n) is 16.8. The van der Waals surface area contributed by atoms with E-state index in [0.717, 1.165) is 58.6 Å². The van der Waals surface area contributed by atoms with Crippen LogP contribution in [0, 0.1) is 5.92 Å². The van der Waals surface area contributed by atoms with Crippen molar-refractivity contribution in [2.75, 3.05) is 33.3 Å². The fourth-order valence-corrected chi connectivity index (χ4v) is 5.91. The summed E-state index contributed by atoms with van der Waals surface area (Å²) in [7, 11) is 2.11. The van der Waals surface area contributed by atoms with Crippen LogP contribution in [-0.2, 0) is 38.6 Å². The summed E-state index contributed by atoms with van der Waals surface area (Å²) in [5, 5.41) is 14.9. The lowest BCUT2D eigenvalue weighted by molar-refractivity contribution is -0.275. The van der Waals surface area contributed by atoms with E-state index < -0.39 is 18.3 Å². The lowest BCUT2D eigenvalue weighted by Crippen LogP contribution is -2.43. The van der Waals surface area contributed by atoms with E-state index in [-0.39, 0.29) is 37.9 Å². The SMILES string of the molecule is CCOC(=O)CNC(=O)NCc1cccc(-c2cccc([C@H]3O[C@@H](CN(C)CCc4ccccn4)[C@@H](C)[C@@H](c4ccc(CO)cc4)O3)c2)c1. The van der Waals surface area contributed by atoms with Gasteiger partial charge in [0.1, 0.15) is 6.54 Å². The third-order valence-corrected chi connectivity index (χ3v) is 8.66. The molecule has 0 radical (unpaired) electrons. The average molecular weight is 667 g/mol. The molecule has 3 N–H and O–H groups in total. The number of carbonyl (C=O) groups is 2. The fraction of sp³-hybridized carbons (Fsp3) is 0.359. The van der Waals surface area contributed by atoms with Crippen molar-refractivity contribution in [3.05, 3.63) is 125 Å². The molecule has 10 nitrogen and oxygen atoms in total. The molecule has 0 aliphatic carbocycles. The van der Waals surface area contributed by atoms with Gasteiger partial charge in [0.05, 0.1) is 25.4 Å². The second kappa shape index (κ2) is 17.7. The molecule has 1 fully saturated rings. The Morgan fingerprint density at radius 3 is 2.41 bits per heavy atom. The molecule has 1 saturated heterocycles. The molecule has 1 aliphatic rings. The number of urea groups is 1. The van der Waals surface area contributed by atoms with Crippen molar-refractivity contribution in [3.8, 4) is 11.1 Å². The molecule has 2 heterocycles. The quantitative estimate of drug-likeness (QED) is 0.150.